The number of hydrogen-bond donors (Lipinski definition) is 2. The number of nitrogens with zero attached hydrogens (tertiary/aromatic N) is 1. The Morgan fingerprint density at radius 3 is 2.60 bits per heavy atom. The van der Waals surface area contributed by atoms with Crippen LogP contribution in [-0.4, -0.2) is 19.0 Å². The minimum Gasteiger partial charge on any atom is -0.353 e. The molecular weight excluding hydrogens is 368 g/mol. The summed E-state index contributed by atoms with van der Waals surface area (Å²) in [6.07, 6.45) is 1.19. The minimum absolute atomic E-state index is 0. The summed E-state index contributed by atoms with van der Waals surface area (Å²) in [5.74, 6) is 1.33. The SMILES string of the molecule is CN=C(NC(C)c1ccc(C)c(F)c1)NC1CC1C.I. The van der Waals surface area contributed by atoms with Crippen molar-refractivity contribution >= 4 is 29.9 Å². The largest absolute Gasteiger partial charge is 0.353 e. The zero-order chi connectivity index (χ0) is 14.0. The summed E-state index contributed by atoms with van der Waals surface area (Å²) in [4.78, 5) is 4.21. The smallest absolute Gasteiger partial charge is 0.191 e. The third kappa shape index (κ3) is 4.33. The Labute approximate surface area is 137 Å². The van der Waals surface area contributed by atoms with Crippen LogP contribution in [0.4, 0.5) is 4.39 Å². The Morgan fingerprint density at radius 1 is 1.45 bits per heavy atom. The average molecular weight is 391 g/mol. The molecule has 0 aromatic heterocycles. The Kier molecular flexibility index (Phi) is 6.23. The molecule has 2 rings (SSSR count). The normalized spacial score (nSPS) is 22.8. The minimum atomic E-state index is -0.162. The van der Waals surface area contributed by atoms with Gasteiger partial charge in [0.05, 0.1) is 6.04 Å². The number of halogens is 2. The van der Waals surface area contributed by atoms with E-state index in [0.29, 0.717) is 17.5 Å². The van der Waals surface area contributed by atoms with Gasteiger partial charge in [-0.05, 0) is 43.4 Å². The molecule has 0 bridgehead atoms. The van der Waals surface area contributed by atoms with Gasteiger partial charge in [0.25, 0.3) is 0 Å². The van der Waals surface area contributed by atoms with Crippen LogP contribution in [0.2, 0.25) is 0 Å². The van der Waals surface area contributed by atoms with E-state index in [2.05, 4.69) is 22.5 Å². The lowest BCUT2D eigenvalue weighted by Gasteiger charge is -2.18. The van der Waals surface area contributed by atoms with Crippen LogP contribution in [0.1, 0.15) is 37.4 Å². The van der Waals surface area contributed by atoms with E-state index in [0.717, 1.165) is 11.5 Å². The summed E-state index contributed by atoms with van der Waals surface area (Å²) in [6, 6.07) is 5.88. The Hall–Kier alpha value is -0.850. The molecule has 1 aliphatic rings. The van der Waals surface area contributed by atoms with Crippen LogP contribution < -0.4 is 10.6 Å². The Morgan fingerprint density at radius 2 is 2.10 bits per heavy atom. The van der Waals surface area contributed by atoms with Gasteiger partial charge in [0.15, 0.2) is 5.96 Å². The van der Waals surface area contributed by atoms with Crippen molar-refractivity contribution in [2.24, 2.45) is 10.9 Å². The molecule has 5 heteroatoms. The number of rotatable bonds is 3. The standard InChI is InChI=1S/C15H22FN3.HI/c1-9-5-6-12(8-13(9)16)11(3)18-15(17-4)19-14-7-10(14)2;/h5-6,8,10-11,14H,7H2,1-4H3,(H2,17,18,19);1H. The molecule has 1 saturated carbocycles. The lowest BCUT2D eigenvalue weighted by molar-refractivity contribution is 0.607. The van der Waals surface area contributed by atoms with Crippen LogP contribution >= 0.6 is 24.0 Å². The second-order valence-corrected chi connectivity index (χ2v) is 5.41. The summed E-state index contributed by atoms with van der Waals surface area (Å²) < 4.78 is 13.6. The first-order valence-corrected chi connectivity index (χ1v) is 6.77. The van der Waals surface area contributed by atoms with Crippen molar-refractivity contribution in [3.8, 4) is 0 Å². The van der Waals surface area contributed by atoms with Gasteiger partial charge in [-0.2, -0.15) is 0 Å². The maximum absolute atomic E-state index is 13.6. The third-order valence-corrected chi connectivity index (χ3v) is 3.70. The fourth-order valence-electron chi connectivity index (χ4n) is 2.04. The molecule has 3 unspecified atom stereocenters. The highest BCUT2D eigenvalue weighted by molar-refractivity contribution is 14.0. The summed E-state index contributed by atoms with van der Waals surface area (Å²) in [7, 11) is 1.75. The quantitative estimate of drug-likeness (QED) is 0.471. The first-order chi connectivity index (χ1) is 9.01. The lowest BCUT2D eigenvalue weighted by Crippen LogP contribution is -2.40. The van der Waals surface area contributed by atoms with Gasteiger partial charge >= 0.3 is 0 Å². The van der Waals surface area contributed by atoms with Gasteiger partial charge < -0.3 is 10.6 Å². The number of aryl methyl sites for hydroxylation is 1. The summed E-state index contributed by atoms with van der Waals surface area (Å²) in [6.45, 7) is 5.99. The molecule has 1 aromatic rings. The van der Waals surface area contributed by atoms with Gasteiger partial charge in [-0.15, -0.1) is 24.0 Å². The number of guanidine groups is 1. The van der Waals surface area contributed by atoms with Crippen LogP contribution in [0.25, 0.3) is 0 Å². The van der Waals surface area contributed by atoms with Crippen molar-refractivity contribution < 1.29 is 4.39 Å². The highest BCUT2D eigenvalue weighted by Gasteiger charge is 2.33. The van der Waals surface area contributed by atoms with Crippen molar-refractivity contribution in [3.63, 3.8) is 0 Å². The molecule has 1 aromatic carbocycles. The zero-order valence-corrected chi connectivity index (χ0v) is 14.7. The second kappa shape index (κ2) is 7.24. The zero-order valence-electron chi connectivity index (χ0n) is 12.4. The topological polar surface area (TPSA) is 36.4 Å². The van der Waals surface area contributed by atoms with Crippen molar-refractivity contribution in [3.05, 3.63) is 35.1 Å². The lowest BCUT2D eigenvalue weighted by atomic mass is 10.1. The van der Waals surface area contributed by atoms with Gasteiger partial charge in [-0.1, -0.05) is 19.1 Å². The fourth-order valence-corrected chi connectivity index (χ4v) is 2.04. The van der Waals surface area contributed by atoms with E-state index in [1.54, 1.807) is 20.0 Å². The van der Waals surface area contributed by atoms with Crippen LogP contribution in [0, 0.1) is 18.7 Å². The monoisotopic (exact) mass is 391 g/mol. The van der Waals surface area contributed by atoms with E-state index in [9.17, 15) is 4.39 Å². The van der Waals surface area contributed by atoms with Gasteiger partial charge in [0.2, 0.25) is 0 Å². The highest BCUT2D eigenvalue weighted by Crippen LogP contribution is 2.28. The molecule has 3 nitrogen and oxygen atoms in total. The van der Waals surface area contributed by atoms with Crippen LogP contribution in [0.15, 0.2) is 23.2 Å². The number of aliphatic imine (C=N–C) groups is 1. The van der Waals surface area contributed by atoms with Gasteiger partial charge in [0, 0.05) is 13.1 Å². The average Bonchev–Trinajstić information content (AvgIpc) is 3.07. The van der Waals surface area contributed by atoms with Gasteiger partial charge in [0.1, 0.15) is 5.82 Å². The predicted octanol–water partition coefficient (Wildman–Crippen LogP) is 3.39. The first-order valence-electron chi connectivity index (χ1n) is 6.77. The molecule has 0 amide bonds. The third-order valence-electron chi connectivity index (χ3n) is 3.70. The summed E-state index contributed by atoms with van der Waals surface area (Å²) >= 11 is 0. The Balaban J connectivity index is 0.00000200. The van der Waals surface area contributed by atoms with Crippen molar-refractivity contribution in [1.29, 1.82) is 0 Å². The number of nitrogens with one attached hydrogen (secondary N) is 2. The van der Waals surface area contributed by atoms with E-state index in [4.69, 9.17) is 0 Å². The molecular formula is C15H23FIN3. The van der Waals surface area contributed by atoms with Crippen LogP contribution in [-0.2, 0) is 0 Å². The van der Waals surface area contributed by atoms with Crippen molar-refractivity contribution in [2.75, 3.05) is 7.05 Å². The first kappa shape index (κ1) is 17.2. The van der Waals surface area contributed by atoms with Crippen LogP contribution in [0.3, 0.4) is 0 Å². The molecule has 2 N–H and O–H groups in total. The molecule has 112 valence electrons. The Bertz CT molecular complexity index is 490. The molecule has 0 saturated heterocycles. The number of benzene rings is 1. The van der Waals surface area contributed by atoms with E-state index in [-0.39, 0.29) is 35.8 Å². The molecule has 0 radical (unpaired) electrons. The van der Waals surface area contributed by atoms with Gasteiger partial charge in [-0.25, -0.2) is 4.39 Å². The van der Waals surface area contributed by atoms with Gasteiger partial charge in [-0.3, -0.25) is 4.99 Å². The maximum Gasteiger partial charge on any atom is 0.191 e. The molecule has 1 fully saturated rings. The molecule has 0 spiro atoms. The molecule has 1 aliphatic carbocycles. The number of hydrogen-bond acceptors (Lipinski definition) is 1. The van der Waals surface area contributed by atoms with E-state index >= 15 is 0 Å². The molecule has 0 heterocycles. The fraction of sp³-hybridized carbons (Fsp3) is 0.533. The van der Waals surface area contributed by atoms with Crippen molar-refractivity contribution in [1.82, 2.24) is 10.6 Å². The second-order valence-electron chi connectivity index (χ2n) is 5.41. The van der Waals surface area contributed by atoms with Crippen molar-refractivity contribution in [2.45, 2.75) is 39.3 Å². The van der Waals surface area contributed by atoms with E-state index < -0.39 is 0 Å². The molecule has 3 atom stereocenters. The highest BCUT2D eigenvalue weighted by atomic mass is 127. The van der Waals surface area contributed by atoms with E-state index in [1.807, 2.05) is 19.1 Å². The molecule has 0 aliphatic heterocycles. The predicted molar refractivity (Wildman–Crippen MR) is 92.2 cm³/mol. The maximum atomic E-state index is 13.6. The summed E-state index contributed by atoms with van der Waals surface area (Å²) in [5, 5.41) is 6.66. The summed E-state index contributed by atoms with van der Waals surface area (Å²) in [5.41, 5.74) is 1.60. The van der Waals surface area contributed by atoms with E-state index in [1.165, 1.54) is 6.42 Å². The molecule has 20 heavy (non-hydrogen) atoms. The van der Waals surface area contributed by atoms with Crippen LogP contribution in [0.5, 0.6) is 0 Å².